The molecule has 0 bridgehead atoms. The Kier molecular flexibility index (Phi) is 6.77. The number of anilines is 1. The lowest BCUT2D eigenvalue weighted by molar-refractivity contribution is -0.116. The van der Waals surface area contributed by atoms with Crippen LogP contribution in [0.25, 0.3) is 0 Å². The first-order chi connectivity index (χ1) is 13.4. The van der Waals surface area contributed by atoms with Gasteiger partial charge in [0, 0.05) is 39.3 Å². The minimum atomic E-state index is -0.232. The Balaban J connectivity index is 1.79. The average molecular weight is 436 g/mol. The van der Waals surface area contributed by atoms with E-state index in [9.17, 15) is 9.59 Å². The topological polar surface area (TPSA) is 73.2 Å². The van der Waals surface area contributed by atoms with Crippen molar-refractivity contribution in [3.8, 4) is 5.75 Å². The van der Waals surface area contributed by atoms with E-state index in [0.29, 0.717) is 22.2 Å². The van der Waals surface area contributed by atoms with Crippen LogP contribution in [-0.2, 0) is 17.1 Å². The molecule has 0 atom stereocenters. The highest BCUT2D eigenvalue weighted by Crippen LogP contribution is 2.26. The van der Waals surface area contributed by atoms with Crippen molar-refractivity contribution < 1.29 is 9.53 Å². The Hall–Kier alpha value is -2.29. The molecule has 0 saturated carbocycles. The van der Waals surface area contributed by atoms with Gasteiger partial charge in [-0.3, -0.25) is 9.59 Å². The highest BCUT2D eigenvalue weighted by molar-refractivity contribution is 8.00. The SMILES string of the molecule is COc1cn(CC(=O)Nc2cccc(Cl)c2)c(CSc2nc(C)cs2)cc1=O. The summed E-state index contributed by atoms with van der Waals surface area (Å²) in [5.74, 6) is 0.468. The lowest BCUT2D eigenvalue weighted by Crippen LogP contribution is -2.22. The number of amides is 1. The van der Waals surface area contributed by atoms with E-state index in [1.807, 2.05) is 12.3 Å². The molecule has 0 aliphatic rings. The van der Waals surface area contributed by atoms with Crippen LogP contribution in [-0.4, -0.2) is 22.6 Å². The number of benzene rings is 1. The molecular weight excluding hydrogens is 418 g/mol. The number of thioether (sulfide) groups is 1. The van der Waals surface area contributed by atoms with Crippen molar-refractivity contribution in [2.24, 2.45) is 0 Å². The summed E-state index contributed by atoms with van der Waals surface area (Å²) in [6.07, 6.45) is 1.56. The first-order valence-electron chi connectivity index (χ1n) is 8.32. The fraction of sp³-hybridized carbons (Fsp3) is 0.211. The van der Waals surface area contributed by atoms with Gasteiger partial charge < -0.3 is 14.6 Å². The molecule has 0 radical (unpaired) electrons. The van der Waals surface area contributed by atoms with Gasteiger partial charge in [0.1, 0.15) is 10.9 Å². The number of carbonyl (C=O) groups excluding carboxylic acids is 1. The van der Waals surface area contributed by atoms with E-state index in [4.69, 9.17) is 16.3 Å². The summed E-state index contributed by atoms with van der Waals surface area (Å²) in [6.45, 7) is 1.97. The van der Waals surface area contributed by atoms with Crippen LogP contribution < -0.4 is 15.5 Å². The standard InChI is InChI=1S/C19H18ClN3O3S2/c1-12-10-27-19(21-12)28-11-15-7-16(24)17(26-2)8-23(15)9-18(25)22-14-5-3-4-13(20)6-14/h3-8,10H,9,11H2,1-2H3,(H,22,25). The summed E-state index contributed by atoms with van der Waals surface area (Å²) in [5, 5.41) is 5.32. The lowest BCUT2D eigenvalue weighted by Gasteiger charge is -2.14. The third-order valence-corrected chi connectivity index (χ3v) is 6.17. The van der Waals surface area contributed by atoms with Gasteiger partial charge in [-0.1, -0.05) is 29.4 Å². The Morgan fingerprint density at radius 1 is 1.39 bits per heavy atom. The molecule has 0 spiro atoms. The van der Waals surface area contributed by atoms with Gasteiger partial charge in [0.25, 0.3) is 0 Å². The Bertz CT molecular complexity index is 1050. The first-order valence-corrected chi connectivity index (χ1v) is 10.6. The number of halogens is 1. The van der Waals surface area contributed by atoms with Crippen molar-refractivity contribution in [1.82, 2.24) is 9.55 Å². The van der Waals surface area contributed by atoms with Crippen molar-refractivity contribution in [3.05, 3.63) is 68.5 Å². The summed E-state index contributed by atoms with van der Waals surface area (Å²) in [4.78, 5) is 29.1. The molecule has 0 fully saturated rings. The molecule has 6 nitrogen and oxygen atoms in total. The van der Waals surface area contributed by atoms with E-state index in [-0.39, 0.29) is 23.6 Å². The van der Waals surface area contributed by atoms with Gasteiger partial charge in [-0.25, -0.2) is 4.98 Å². The largest absolute Gasteiger partial charge is 0.491 e. The first kappa shape index (κ1) is 20.4. The predicted octanol–water partition coefficient (Wildman–Crippen LogP) is 4.21. The summed E-state index contributed by atoms with van der Waals surface area (Å²) in [6, 6.07) is 8.43. The zero-order valence-electron chi connectivity index (χ0n) is 15.3. The van der Waals surface area contributed by atoms with E-state index in [1.54, 1.807) is 46.4 Å². The molecule has 1 amide bonds. The van der Waals surface area contributed by atoms with Crippen LogP contribution in [0, 0.1) is 6.92 Å². The van der Waals surface area contributed by atoms with Crippen LogP contribution in [0.15, 0.2) is 51.0 Å². The molecule has 1 aromatic carbocycles. The zero-order chi connectivity index (χ0) is 20.1. The van der Waals surface area contributed by atoms with E-state index in [1.165, 1.54) is 24.9 Å². The average Bonchev–Trinajstić information content (AvgIpc) is 3.07. The molecule has 0 saturated heterocycles. The minimum absolute atomic E-state index is 0.0376. The highest BCUT2D eigenvalue weighted by atomic mass is 35.5. The number of hydrogen-bond acceptors (Lipinski definition) is 6. The maximum atomic E-state index is 12.5. The molecule has 0 aliphatic heterocycles. The number of ether oxygens (including phenoxy) is 1. The second-order valence-corrected chi connectivity index (χ2v) is 8.44. The molecule has 1 N–H and O–H groups in total. The second-order valence-electron chi connectivity index (χ2n) is 5.93. The molecule has 0 unspecified atom stereocenters. The summed E-state index contributed by atoms with van der Waals surface area (Å²) in [7, 11) is 1.43. The van der Waals surface area contributed by atoms with Gasteiger partial charge in [-0.2, -0.15) is 0 Å². The van der Waals surface area contributed by atoms with Gasteiger partial charge in [-0.15, -0.1) is 11.3 Å². The van der Waals surface area contributed by atoms with Gasteiger partial charge in [0.2, 0.25) is 11.3 Å². The Morgan fingerprint density at radius 3 is 2.89 bits per heavy atom. The van der Waals surface area contributed by atoms with Crippen LogP contribution in [0.4, 0.5) is 5.69 Å². The third-order valence-electron chi connectivity index (χ3n) is 3.77. The smallest absolute Gasteiger partial charge is 0.244 e. The molecule has 2 heterocycles. The molecule has 146 valence electrons. The number of aryl methyl sites for hydroxylation is 1. The molecule has 3 aromatic rings. The zero-order valence-corrected chi connectivity index (χ0v) is 17.7. The fourth-order valence-electron chi connectivity index (χ4n) is 2.47. The van der Waals surface area contributed by atoms with E-state index < -0.39 is 0 Å². The number of methoxy groups -OCH3 is 1. The summed E-state index contributed by atoms with van der Waals surface area (Å²) < 4.78 is 7.75. The van der Waals surface area contributed by atoms with Gasteiger partial charge >= 0.3 is 0 Å². The monoisotopic (exact) mass is 435 g/mol. The quantitative estimate of drug-likeness (QED) is 0.563. The number of rotatable bonds is 7. The second kappa shape index (κ2) is 9.27. The number of nitrogens with zero attached hydrogens (tertiary/aromatic N) is 2. The van der Waals surface area contributed by atoms with Crippen LogP contribution in [0.1, 0.15) is 11.4 Å². The number of pyridine rings is 1. The molecule has 3 rings (SSSR count). The van der Waals surface area contributed by atoms with Crippen LogP contribution in [0.5, 0.6) is 5.75 Å². The normalized spacial score (nSPS) is 10.7. The van der Waals surface area contributed by atoms with E-state index >= 15 is 0 Å². The van der Waals surface area contributed by atoms with Gasteiger partial charge in [-0.05, 0) is 25.1 Å². The maximum Gasteiger partial charge on any atom is 0.244 e. The molecule has 0 aliphatic carbocycles. The van der Waals surface area contributed by atoms with Crippen molar-refractivity contribution in [2.45, 2.75) is 23.6 Å². The van der Waals surface area contributed by atoms with E-state index in [0.717, 1.165) is 10.0 Å². The van der Waals surface area contributed by atoms with Crippen molar-refractivity contribution in [3.63, 3.8) is 0 Å². The van der Waals surface area contributed by atoms with Crippen molar-refractivity contribution >= 4 is 46.3 Å². The van der Waals surface area contributed by atoms with Gasteiger partial charge in [0.15, 0.2) is 5.75 Å². The number of aromatic nitrogens is 2. The van der Waals surface area contributed by atoms with Gasteiger partial charge in [0.05, 0.1) is 13.3 Å². The van der Waals surface area contributed by atoms with Crippen LogP contribution in [0.3, 0.4) is 0 Å². The highest BCUT2D eigenvalue weighted by Gasteiger charge is 2.12. The molecular formula is C19H18ClN3O3S2. The number of thiazole rings is 1. The molecule has 28 heavy (non-hydrogen) atoms. The number of nitrogens with one attached hydrogen (secondary N) is 1. The predicted molar refractivity (Wildman–Crippen MR) is 114 cm³/mol. The van der Waals surface area contributed by atoms with Crippen molar-refractivity contribution in [1.29, 1.82) is 0 Å². The summed E-state index contributed by atoms with van der Waals surface area (Å²) in [5.41, 5.74) is 2.06. The van der Waals surface area contributed by atoms with Crippen LogP contribution >= 0.6 is 34.7 Å². The van der Waals surface area contributed by atoms with E-state index in [2.05, 4.69) is 10.3 Å². The Labute approximate surface area is 175 Å². The summed E-state index contributed by atoms with van der Waals surface area (Å²) >= 11 is 9.03. The molecule has 9 heteroatoms. The third kappa shape index (κ3) is 5.37. The lowest BCUT2D eigenvalue weighted by atomic mass is 10.3. The fourth-order valence-corrected chi connectivity index (χ4v) is 4.51. The molecule has 2 aromatic heterocycles. The number of hydrogen-bond donors (Lipinski definition) is 1. The van der Waals surface area contributed by atoms with Crippen LogP contribution in [0.2, 0.25) is 5.02 Å². The Morgan fingerprint density at radius 2 is 2.21 bits per heavy atom. The maximum absolute atomic E-state index is 12.5. The minimum Gasteiger partial charge on any atom is -0.491 e. The van der Waals surface area contributed by atoms with Crippen molar-refractivity contribution in [2.75, 3.05) is 12.4 Å². The number of carbonyl (C=O) groups is 1.